The number of phenols is 1. The first-order valence-corrected chi connectivity index (χ1v) is 8.01. The van der Waals surface area contributed by atoms with Gasteiger partial charge >= 0.3 is 0 Å². The van der Waals surface area contributed by atoms with E-state index in [-0.39, 0.29) is 5.75 Å². The Morgan fingerprint density at radius 3 is 2.24 bits per heavy atom. The topological polar surface area (TPSA) is 60.2 Å². The fourth-order valence-corrected chi connectivity index (χ4v) is 2.73. The number of phenolic OH excluding ortho intramolecular Hbond substituents is 1. The molecule has 3 aromatic carbocycles. The van der Waals surface area contributed by atoms with Crippen molar-refractivity contribution in [2.24, 2.45) is 0 Å². The van der Waals surface area contributed by atoms with E-state index in [9.17, 15) is 5.11 Å². The molecule has 0 saturated carbocycles. The molecular weight excluding hydrogens is 314 g/mol. The molecule has 0 aliphatic rings. The molecule has 0 aliphatic carbocycles. The number of aromatic nitrogens is 3. The molecule has 4 rings (SSSR count). The molecular formula is C20H17N3O2. The zero-order valence-electron chi connectivity index (χ0n) is 14.0. The molecule has 124 valence electrons. The van der Waals surface area contributed by atoms with Crippen molar-refractivity contribution in [3.63, 3.8) is 0 Å². The molecule has 1 aromatic heterocycles. The lowest BCUT2D eigenvalue weighted by Gasteiger charge is -2.12. The third-order valence-corrected chi connectivity index (χ3v) is 3.92. The zero-order valence-corrected chi connectivity index (χ0v) is 14.0. The maximum atomic E-state index is 10.7. The summed E-state index contributed by atoms with van der Waals surface area (Å²) in [6.45, 7) is 3.93. The lowest BCUT2D eigenvalue weighted by Crippen LogP contribution is -2.01. The predicted molar refractivity (Wildman–Crippen MR) is 96.5 cm³/mol. The van der Waals surface area contributed by atoms with Crippen LogP contribution in [0.15, 0.2) is 60.7 Å². The molecule has 0 amide bonds. The van der Waals surface area contributed by atoms with Crippen molar-refractivity contribution in [3.05, 3.63) is 71.8 Å². The Balaban J connectivity index is 1.80. The normalized spacial score (nSPS) is 11.0. The fourth-order valence-electron chi connectivity index (χ4n) is 2.73. The Morgan fingerprint density at radius 1 is 0.840 bits per heavy atom. The molecule has 0 bridgehead atoms. The standard InChI is InChI=1S/C20H17N3O2/c1-13-6-5-7-15(10-13)25-19-12-14(2)11-18(20(19)24)23-21-16-8-3-4-9-17(16)22-23/h3-12,24H,1-2H3. The van der Waals surface area contributed by atoms with Crippen LogP contribution in [0.3, 0.4) is 0 Å². The monoisotopic (exact) mass is 331 g/mol. The summed E-state index contributed by atoms with van der Waals surface area (Å²) in [6.07, 6.45) is 0. The van der Waals surface area contributed by atoms with E-state index < -0.39 is 0 Å². The average molecular weight is 331 g/mol. The molecule has 0 spiro atoms. The van der Waals surface area contributed by atoms with Crippen LogP contribution < -0.4 is 4.74 Å². The van der Waals surface area contributed by atoms with E-state index in [1.54, 1.807) is 6.07 Å². The van der Waals surface area contributed by atoms with E-state index in [0.29, 0.717) is 17.2 Å². The molecule has 0 unspecified atom stereocenters. The molecule has 1 heterocycles. The van der Waals surface area contributed by atoms with Gasteiger partial charge in [0, 0.05) is 0 Å². The van der Waals surface area contributed by atoms with Gasteiger partial charge in [-0.05, 0) is 61.4 Å². The molecule has 0 fully saturated rings. The van der Waals surface area contributed by atoms with Crippen LogP contribution in [-0.2, 0) is 0 Å². The van der Waals surface area contributed by atoms with Gasteiger partial charge in [-0.15, -0.1) is 15.0 Å². The molecule has 0 atom stereocenters. The minimum absolute atomic E-state index is 0.00686. The molecule has 0 radical (unpaired) electrons. The van der Waals surface area contributed by atoms with Gasteiger partial charge < -0.3 is 9.84 Å². The van der Waals surface area contributed by atoms with Crippen molar-refractivity contribution < 1.29 is 9.84 Å². The summed E-state index contributed by atoms with van der Waals surface area (Å²) >= 11 is 0. The molecule has 1 N–H and O–H groups in total. The predicted octanol–water partition coefficient (Wildman–Crippen LogP) is 4.54. The molecule has 25 heavy (non-hydrogen) atoms. The van der Waals surface area contributed by atoms with Crippen molar-refractivity contribution in [2.75, 3.05) is 0 Å². The summed E-state index contributed by atoms with van der Waals surface area (Å²) < 4.78 is 5.89. The number of aromatic hydroxyl groups is 1. The van der Waals surface area contributed by atoms with Gasteiger partial charge in [0.2, 0.25) is 0 Å². The smallest absolute Gasteiger partial charge is 0.186 e. The van der Waals surface area contributed by atoms with E-state index in [4.69, 9.17) is 4.74 Å². The highest BCUT2D eigenvalue weighted by Gasteiger charge is 2.15. The van der Waals surface area contributed by atoms with E-state index in [2.05, 4.69) is 10.2 Å². The summed E-state index contributed by atoms with van der Waals surface area (Å²) in [6, 6.07) is 18.9. The minimum Gasteiger partial charge on any atom is -0.503 e. The Kier molecular flexibility index (Phi) is 3.61. The molecule has 0 saturated heterocycles. The summed E-state index contributed by atoms with van der Waals surface area (Å²) in [7, 11) is 0. The number of benzene rings is 3. The number of nitrogens with zero attached hydrogens (tertiary/aromatic N) is 3. The Morgan fingerprint density at radius 2 is 1.56 bits per heavy atom. The van der Waals surface area contributed by atoms with Crippen LogP contribution in [0, 0.1) is 13.8 Å². The quantitative estimate of drug-likeness (QED) is 0.599. The summed E-state index contributed by atoms with van der Waals surface area (Å²) in [5.41, 5.74) is 4.05. The van der Waals surface area contributed by atoms with Gasteiger partial charge in [0.05, 0.1) is 0 Å². The van der Waals surface area contributed by atoms with Crippen molar-refractivity contribution in [2.45, 2.75) is 13.8 Å². The second kappa shape index (κ2) is 5.94. The summed E-state index contributed by atoms with van der Waals surface area (Å²) in [5, 5.41) is 19.6. The highest BCUT2D eigenvalue weighted by molar-refractivity contribution is 5.74. The van der Waals surface area contributed by atoms with Gasteiger partial charge in [0.25, 0.3) is 0 Å². The number of ether oxygens (including phenoxy) is 1. The van der Waals surface area contributed by atoms with Gasteiger partial charge in [0.15, 0.2) is 11.5 Å². The molecule has 4 aromatic rings. The average Bonchev–Trinajstić information content (AvgIpc) is 3.01. The largest absolute Gasteiger partial charge is 0.503 e. The lowest BCUT2D eigenvalue weighted by atomic mass is 10.2. The van der Waals surface area contributed by atoms with Gasteiger partial charge in [-0.1, -0.05) is 24.3 Å². The zero-order chi connectivity index (χ0) is 17.4. The number of hydrogen-bond acceptors (Lipinski definition) is 4. The maximum Gasteiger partial charge on any atom is 0.186 e. The Hall–Kier alpha value is -3.34. The first-order valence-electron chi connectivity index (χ1n) is 8.01. The van der Waals surface area contributed by atoms with Crippen LogP contribution in [0.2, 0.25) is 0 Å². The third kappa shape index (κ3) is 2.92. The Labute approximate surface area is 145 Å². The second-order valence-electron chi connectivity index (χ2n) is 6.03. The van der Waals surface area contributed by atoms with Crippen molar-refractivity contribution >= 4 is 11.0 Å². The molecule has 5 nitrogen and oxygen atoms in total. The van der Waals surface area contributed by atoms with Crippen molar-refractivity contribution in [1.29, 1.82) is 0 Å². The summed E-state index contributed by atoms with van der Waals surface area (Å²) in [4.78, 5) is 1.44. The van der Waals surface area contributed by atoms with Crippen molar-refractivity contribution in [1.82, 2.24) is 15.0 Å². The van der Waals surface area contributed by atoms with Crippen LogP contribution >= 0.6 is 0 Å². The SMILES string of the molecule is Cc1cccc(Oc2cc(C)cc(-n3nc4ccccc4n3)c2O)c1. The van der Waals surface area contributed by atoms with Gasteiger partial charge in [-0.25, -0.2) is 0 Å². The highest BCUT2D eigenvalue weighted by Crippen LogP contribution is 2.37. The van der Waals surface area contributed by atoms with Crippen LogP contribution in [-0.4, -0.2) is 20.1 Å². The number of rotatable bonds is 3. The molecule has 5 heteroatoms. The Bertz CT molecular complexity index is 1040. The van der Waals surface area contributed by atoms with E-state index >= 15 is 0 Å². The minimum atomic E-state index is 0.00686. The lowest BCUT2D eigenvalue weighted by molar-refractivity contribution is 0.407. The van der Waals surface area contributed by atoms with Crippen LogP contribution in [0.4, 0.5) is 0 Å². The number of aryl methyl sites for hydroxylation is 2. The van der Waals surface area contributed by atoms with Crippen LogP contribution in [0.5, 0.6) is 17.2 Å². The first kappa shape index (κ1) is 15.2. The maximum absolute atomic E-state index is 10.7. The third-order valence-electron chi connectivity index (χ3n) is 3.92. The fraction of sp³-hybridized carbons (Fsp3) is 0.100. The van der Waals surface area contributed by atoms with Gasteiger partial charge in [0.1, 0.15) is 22.5 Å². The highest BCUT2D eigenvalue weighted by atomic mass is 16.5. The van der Waals surface area contributed by atoms with E-state index in [1.807, 2.05) is 68.4 Å². The molecule has 0 aliphatic heterocycles. The van der Waals surface area contributed by atoms with E-state index in [1.165, 1.54) is 4.80 Å². The van der Waals surface area contributed by atoms with Crippen molar-refractivity contribution in [3.8, 4) is 22.9 Å². The van der Waals surface area contributed by atoms with Crippen LogP contribution in [0.1, 0.15) is 11.1 Å². The second-order valence-corrected chi connectivity index (χ2v) is 6.03. The van der Waals surface area contributed by atoms with Gasteiger partial charge in [-0.3, -0.25) is 0 Å². The number of hydrogen-bond donors (Lipinski definition) is 1. The van der Waals surface area contributed by atoms with Crippen LogP contribution in [0.25, 0.3) is 16.7 Å². The number of fused-ring (bicyclic) bond motifs is 1. The first-order chi connectivity index (χ1) is 12.1. The van der Waals surface area contributed by atoms with Gasteiger partial charge in [-0.2, -0.15) is 0 Å². The summed E-state index contributed by atoms with van der Waals surface area (Å²) in [5.74, 6) is 1.06. The van der Waals surface area contributed by atoms with E-state index in [0.717, 1.165) is 22.2 Å².